The monoisotopic (exact) mass is 759 g/mol. The molecule has 0 spiro atoms. The van der Waals surface area contributed by atoms with Gasteiger partial charge in [0.05, 0.1) is 0 Å². The van der Waals surface area contributed by atoms with Gasteiger partial charge in [0.15, 0.2) is 8.07 Å². The van der Waals surface area contributed by atoms with Gasteiger partial charge >= 0.3 is 0 Å². The van der Waals surface area contributed by atoms with Crippen LogP contribution in [-0.4, -0.2) is 8.07 Å². The van der Waals surface area contributed by atoms with Gasteiger partial charge in [0.25, 0.3) is 0 Å². The molecule has 0 radical (unpaired) electrons. The molecule has 1 aliphatic rings. The topological polar surface area (TPSA) is 0 Å². The summed E-state index contributed by atoms with van der Waals surface area (Å²) in [4.78, 5) is 0. The molecule has 0 atom stereocenters. The summed E-state index contributed by atoms with van der Waals surface area (Å²) >= 11 is 0. The number of allylic oxidation sites excluding steroid dienone is 4. The van der Waals surface area contributed by atoms with Crippen LogP contribution in [0.2, 0.25) is 0 Å². The molecule has 0 nitrogen and oxygen atoms in total. The average molecular weight is 761 g/mol. The minimum Gasteiger partial charge on any atom is -0.270 e. The summed E-state index contributed by atoms with van der Waals surface area (Å²) in [7, 11) is -2.76. The molecule has 0 heterocycles. The minimum absolute atomic E-state index is 0. The number of hydrogen-bond donors (Lipinski definition) is 0. The Kier molecular flexibility index (Phi) is 18.5. The van der Waals surface area contributed by atoms with Gasteiger partial charge in [0.2, 0.25) is 0 Å². The summed E-state index contributed by atoms with van der Waals surface area (Å²) in [5, 5.41) is 6.26. The van der Waals surface area contributed by atoms with Crippen LogP contribution in [0.15, 0.2) is 70.9 Å². The fourth-order valence-electron chi connectivity index (χ4n) is 6.83. The van der Waals surface area contributed by atoms with Gasteiger partial charge in [-0.15, -0.1) is 50.6 Å². The molecule has 5 heteroatoms. The summed E-state index contributed by atoms with van der Waals surface area (Å²) in [6.07, 6.45) is 4.75. The van der Waals surface area contributed by atoms with Crippen LogP contribution in [0.5, 0.6) is 0 Å². The van der Waals surface area contributed by atoms with E-state index in [0.717, 1.165) is 6.42 Å². The first-order valence-electron chi connectivity index (χ1n) is 17.3. The van der Waals surface area contributed by atoms with Gasteiger partial charge < -0.3 is 0 Å². The summed E-state index contributed by atoms with van der Waals surface area (Å²) in [6.45, 7) is 33.0. The van der Waals surface area contributed by atoms with Crippen LogP contribution in [0.3, 0.4) is 0 Å². The quantitative estimate of drug-likeness (QED) is 0.110. The maximum absolute atomic E-state index is 3.84. The first-order chi connectivity index (χ1) is 20.6. The second-order valence-electron chi connectivity index (χ2n) is 15.4. The van der Waals surface area contributed by atoms with Gasteiger partial charge in [0, 0.05) is 21.7 Å². The minimum atomic E-state index is -2.76. The Morgan fingerprint density at radius 3 is 0.833 bits per heavy atom. The van der Waals surface area contributed by atoms with E-state index in [2.05, 4.69) is 158 Å². The third-order valence-electron chi connectivity index (χ3n) is 10.2. The van der Waals surface area contributed by atoms with Crippen molar-refractivity contribution in [2.75, 3.05) is 0 Å². The van der Waals surface area contributed by atoms with E-state index in [1.165, 1.54) is 44.5 Å². The van der Waals surface area contributed by atoms with Crippen molar-refractivity contribution < 1.29 is 21.7 Å². The average Bonchev–Trinajstić information content (AvgIpc) is 3.30. The molecule has 0 aromatic heterocycles. The molecule has 3 aromatic carbocycles. The Hall–Kier alpha value is -1.06. The molecule has 0 amide bonds. The third-order valence-corrected chi connectivity index (χ3v) is 15.2. The van der Waals surface area contributed by atoms with E-state index in [1.54, 1.807) is 20.8 Å². The molecular weight excluding hydrogens is 699 g/mol. The van der Waals surface area contributed by atoms with Gasteiger partial charge in [-0.3, -0.25) is 6.08 Å². The van der Waals surface area contributed by atoms with Crippen molar-refractivity contribution in [1.82, 2.24) is 0 Å². The van der Waals surface area contributed by atoms with E-state index in [0.29, 0.717) is 35.5 Å². The molecule has 0 saturated heterocycles. The van der Waals surface area contributed by atoms with Gasteiger partial charge in [-0.1, -0.05) is 145 Å². The number of halogens is 3. The third kappa shape index (κ3) is 9.43. The summed E-state index contributed by atoms with van der Waals surface area (Å²) in [5.41, 5.74) is 11.5. The van der Waals surface area contributed by atoms with Gasteiger partial charge in [-0.05, 0) is 84.4 Å². The Morgan fingerprint density at radius 1 is 0.438 bits per heavy atom. The zero-order valence-corrected chi connectivity index (χ0v) is 37.1. The largest absolute Gasteiger partial charge is 0.270 e. The molecule has 264 valence electrons. The molecule has 0 bridgehead atoms. The Balaban J connectivity index is 0.00000552. The van der Waals surface area contributed by atoms with Crippen LogP contribution in [0.1, 0.15) is 172 Å². The van der Waals surface area contributed by atoms with Gasteiger partial charge in [-0.25, -0.2) is 11.1 Å². The Bertz CT molecular complexity index is 1340. The molecule has 0 aliphatic heterocycles. The van der Waals surface area contributed by atoms with Crippen LogP contribution in [0.25, 0.3) is 0 Å². The molecule has 0 saturated carbocycles. The molecule has 4 rings (SSSR count). The number of benzene rings is 3. The van der Waals surface area contributed by atoms with Crippen molar-refractivity contribution in [2.45, 2.75) is 139 Å². The number of rotatable bonds is 10. The van der Waals surface area contributed by atoms with Crippen molar-refractivity contribution in [3.63, 3.8) is 0 Å². The van der Waals surface area contributed by atoms with E-state index >= 15 is 0 Å². The second-order valence-corrected chi connectivity index (χ2v) is 19.3. The van der Waals surface area contributed by atoms with Gasteiger partial charge in [0.1, 0.15) is 0 Å². The molecule has 0 unspecified atom stereocenters. The molecule has 1 aliphatic carbocycles. The maximum atomic E-state index is 3.84. The smallest absolute Gasteiger partial charge is 0.157 e. The zero-order valence-electron chi connectivity index (χ0n) is 32.1. The normalized spacial score (nSPS) is 13.2. The van der Waals surface area contributed by atoms with Crippen LogP contribution in [0, 0.1) is 6.08 Å². The zero-order chi connectivity index (χ0) is 32.7. The fourth-order valence-corrected chi connectivity index (χ4v) is 12.3. The summed E-state index contributed by atoms with van der Waals surface area (Å²) in [6, 6.07) is 23.1. The Labute approximate surface area is 329 Å². The maximum Gasteiger partial charge on any atom is 0.157 e. The number of hydrogen-bond acceptors (Lipinski definition) is 0. The summed E-state index contributed by atoms with van der Waals surface area (Å²) < 4.78 is 0. The SMILES string of the molecule is CC1=[C-]CC([Si](c2cc(C(C)C)cc(C(C)C)c2)(c2cc(C(C)C)cc(C(C)C)c2)c2cc(C(C)C)cc(C(C)C)c2)=C1C.Cl.Cl.Cl.[Ti]. The van der Waals surface area contributed by atoms with Crippen LogP contribution < -0.4 is 15.6 Å². The van der Waals surface area contributed by atoms with E-state index in [9.17, 15) is 0 Å². The van der Waals surface area contributed by atoms with E-state index in [1.807, 2.05) is 0 Å². The first-order valence-corrected chi connectivity index (χ1v) is 19.3. The molecule has 3 aromatic rings. The van der Waals surface area contributed by atoms with E-state index < -0.39 is 8.07 Å². The first kappa shape index (κ1) is 46.9. The molecule has 0 fully saturated rings. The van der Waals surface area contributed by atoms with Crippen molar-refractivity contribution in [1.29, 1.82) is 0 Å². The molecule has 0 N–H and O–H groups in total. The van der Waals surface area contributed by atoms with Crippen molar-refractivity contribution in [3.05, 3.63) is 110 Å². The van der Waals surface area contributed by atoms with E-state index in [4.69, 9.17) is 0 Å². The van der Waals surface area contributed by atoms with Crippen LogP contribution in [0.4, 0.5) is 0 Å². The van der Waals surface area contributed by atoms with E-state index in [-0.39, 0.29) is 58.9 Å². The van der Waals surface area contributed by atoms with Crippen molar-refractivity contribution >= 4 is 60.9 Å². The molecule has 48 heavy (non-hydrogen) atoms. The molecular formula is C43H62Cl3SiTi-. The summed E-state index contributed by atoms with van der Waals surface area (Å²) in [5.74, 6) is 2.78. The van der Waals surface area contributed by atoms with Crippen LogP contribution >= 0.6 is 37.2 Å². The second kappa shape index (κ2) is 19.0. The van der Waals surface area contributed by atoms with Crippen molar-refractivity contribution in [3.8, 4) is 0 Å². The predicted octanol–water partition coefficient (Wildman–Crippen LogP) is 12.2. The standard InChI is InChI=1S/C43H59Si.3ClH.Ti/c1-26(2)34-17-35(27(3)4)21-40(20-34)44(43-16-15-32(13)33(43)14,41-22-36(28(5)6)18-37(23-41)29(7)8)42-24-38(30(9)10)19-39(25-42)31(11)12;;;;/h17-31H,16H2,1-14H3;3*1H;/q-1;;;;. The van der Waals surface area contributed by atoms with Gasteiger partial charge in [-0.2, -0.15) is 5.20 Å². The Morgan fingerprint density at radius 2 is 0.667 bits per heavy atom. The van der Waals surface area contributed by atoms with Crippen molar-refractivity contribution in [2.24, 2.45) is 0 Å². The van der Waals surface area contributed by atoms with Crippen LogP contribution in [-0.2, 0) is 21.7 Å². The fraction of sp³-hybridized carbons (Fsp3) is 0.488. The predicted molar refractivity (Wildman–Crippen MR) is 220 cm³/mol.